The number of nitrogens with zero attached hydrogens (tertiary/aromatic N) is 3. The summed E-state index contributed by atoms with van der Waals surface area (Å²) in [5, 5.41) is 4.17. The maximum atomic E-state index is 12.8. The number of anilines is 1. The molecule has 2 aromatic rings. The van der Waals surface area contributed by atoms with Crippen LogP contribution in [-0.2, 0) is 11.2 Å². The third-order valence-electron chi connectivity index (χ3n) is 5.42. The lowest BCUT2D eigenvalue weighted by Crippen LogP contribution is -2.47. The van der Waals surface area contributed by atoms with Gasteiger partial charge >= 0.3 is 0 Å². The normalized spacial score (nSPS) is 21.1. The molecule has 138 valence electrons. The zero-order valence-corrected chi connectivity index (χ0v) is 15.9. The molecule has 1 aliphatic carbocycles. The van der Waals surface area contributed by atoms with Crippen LogP contribution in [0.2, 0.25) is 0 Å². The molecule has 1 saturated heterocycles. The predicted molar refractivity (Wildman–Crippen MR) is 105 cm³/mol. The van der Waals surface area contributed by atoms with Crippen molar-refractivity contribution in [3.63, 3.8) is 0 Å². The number of rotatable bonds is 5. The van der Waals surface area contributed by atoms with Crippen molar-refractivity contribution in [2.24, 2.45) is 0 Å². The first-order chi connectivity index (χ1) is 12.8. The van der Waals surface area contributed by atoms with Gasteiger partial charge in [0, 0.05) is 30.5 Å². The molecule has 4 rings (SSSR count). The third-order valence-corrected chi connectivity index (χ3v) is 6.21. The molecule has 0 spiro atoms. The van der Waals surface area contributed by atoms with Crippen molar-refractivity contribution in [2.45, 2.75) is 63.5 Å². The Labute approximate surface area is 159 Å². The SMILES string of the molecule is O=C(NC1CCCCC1)[C@H]1CCCN1c1nc(Cc2ccccc2)ns1. The number of nitrogens with one attached hydrogen (secondary N) is 1. The highest BCUT2D eigenvalue weighted by molar-refractivity contribution is 7.09. The Morgan fingerprint density at radius 1 is 1.12 bits per heavy atom. The summed E-state index contributed by atoms with van der Waals surface area (Å²) in [5.74, 6) is 1.02. The molecule has 1 amide bonds. The highest BCUT2D eigenvalue weighted by Gasteiger charge is 2.34. The second kappa shape index (κ2) is 8.16. The lowest BCUT2D eigenvalue weighted by molar-refractivity contribution is -0.123. The van der Waals surface area contributed by atoms with Crippen LogP contribution >= 0.6 is 11.5 Å². The van der Waals surface area contributed by atoms with Crippen molar-refractivity contribution in [2.75, 3.05) is 11.4 Å². The summed E-state index contributed by atoms with van der Waals surface area (Å²) in [6.45, 7) is 0.892. The van der Waals surface area contributed by atoms with Crippen LogP contribution in [0.5, 0.6) is 0 Å². The van der Waals surface area contributed by atoms with E-state index in [2.05, 4.69) is 26.7 Å². The largest absolute Gasteiger partial charge is 0.352 e. The fourth-order valence-corrected chi connectivity index (χ4v) is 4.79. The summed E-state index contributed by atoms with van der Waals surface area (Å²) in [4.78, 5) is 19.7. The molecule has 2 fully saturated rings. The molecule has 1 aliphatic heterocycles. The van der Waals surface area contributed by atoms with Crippen LogP contribution in [0.15, 0.2) is 30.3 Å². The molecule has 0 radical (unpaired) electrons. The van der Waals surface area contributed by atoms with Gasteiger partial charge in [-0.15, -0.1) is 0 Å². The second-order valence-corrected chi connectivity index (χ2v) is 8.08. The van der Waals surface area contributed by atoms with Crippen molar-refractivity contribution in [3.05, 3.63) is 41.7 Å². The highest BCUT2D eigenvalue weighted by atomic mass is 32.1. The van der Waals surface area contributed by atoms with Gasteiger partial charge in [0.25, 0.3) is 0 Å². The molecule has 6 heteroatoms. The van der Waals surface area contributed by atoms with Crippen LogP contribution in [0.25, 0.3) is 0 Å². The Kier molecular flexibility index (Phi) is 5.48. The minimum Gasteiger partial charge on any atom is -0.352 e. The van der Waals surface area contributed by atoms with Crippen molar-refractivity contribution in [3.8, 4) is 0 Å². The Balaban J connectivity index is 1.40. The van der Waals surface area contributed by atoms with Crippen molar-refractivity contribution in [1.29, 1.82) is 0 Å². The van der Waals surface area contributed by atoms with Crippen molar-refractivity contribution >= 4 is 22.6 Å². The number of hydrogen-bond donors (Lipinski definition) is 1. The van der Waals surface area contributed by atoms with Gasteiger partial charge in [-0.2, -0.15) is 4.37 Å². The summed E-state index contributed by atoms with van der Waals surface area (Å²) < 4.78 is 4.52. The second-order valence-electron chi connectivity index (χ2n) is 7.35. The van der Waals surface area contributed by atoms with Gasteiger partial charge < -0.3 is 10.2 Å². The van der Waals surface area contributed by atoms with Gasteiger partial charge in [-0.1, -0.05) is 49.6 Å². The molecule has 0 unspecified atom stereocenters. The number of benzene rings is 1. The van der Waals surface area contributed by atoms with E-state index in [0.717, 1.165) is 49.6 Å². The van der Waals surface area contributed by atoms with Gasteiger partial charge in [0.05, 0.1) is 0 Å². The predicted octanol–water partition coefficient (Wildman–Crippen LogP) is 3.55. The van der Waals surface area contributed by atoms with Crippen LogP contribution in [-0.4, -0.2) is 33.9 Å². The summed E-state index contributed by atoms with van der Waals surface area (Å²) in [6, 6.07) is 10.6. The quantitative estimate of drug-likeness (QED) is 0.874. The Morgan fingerprint density at radius 3 is 2.73 bits per heavy atom. The molecule has 26 heavy (non-hydrogen) atoms. The van der Waals surface area contributed by atoms with E-state index in [1.165, 1.54) is 36.4 Å². The van der Waals surface area contributed by atoms with Crippen molar-refractivity contribution < 1.29 is 4.79 Å². The summed E-state index contributed by atoms with van der Waals surface area (Å²) in [6.07, 6.45) is 8.71. The third kappa shape index (κ3) is 4.06. The zero-order valence-electron chi connectivity index (χ0n) is 15.1. The fourth-order valence-electron chi connectivity index (χ4n) is 4.02. The van der Waals surface area contributed by atoms with Crippen LogP contribution in [0, 0.1) is 0 Å². The Hall–Kier alpha value is -1.95. The van der Waals surface area contributed by atoms with Gasteiger partial charge in [-0.25, -0.2) is 4.98 Å². The number of amides is 1. The molecule has 1 aromatic carbocycles. The van der Waals surface area contributed by atoms with Crippen LogP contribution in [0.1, 0.15) is 56.3 Å². The smallest absolute Gasteiger partial charge is 0.243 e. The Morgan fingerprint density at radius 2 is 1.92 bits per heavy atom. The van der Waals surface area contributed by atoms with Gasteiger partial charge in [-0.05, 0) is 31.2 Å². The fraction of sp³-hybridized carbons (Fsp3) is 0.550. The van der Waals surface area contributed by atoms with E-state index in [-0.39, 0.29) is 11.9 Å². The van der Waals surface area contributed by atoms with E-state index in [9.17, 15) is 4.79 Å². The summed E-state index contributed by atoms with van der Waals surface area (Å²) in [7, 11) is 0. The van der Waals surface area contributed by atoms with Gasteiger partial charge in [0.1, 0.15) is 11.9 Å². The molecule has 1 aromatic heterocycles. The maximum absolute atomic E-state index is 12.8. The average Bonchev–Trinajstić information content (AvgIpc) is 3.32. The monoisotopic (exact) mass is 370 g/mol. The molecule has 1 saturated carbocycles. The zero-order chi connectivity index (χ0) is 17.8. The average molecular weight is 371 g/mol. The van der Waals surface area contributed by atoms with Crippen molar-refractivity contribution in [1.82, 2.24) is 14.7 Å². The van der Waals surface area contributed by atoms with E-state index in [0.29, 0.717) is 6.04 Å². The number of carbonyl (C=O) groups excluding carboxylic acids is 1. The Bertz CT molecular complexity index is 726. The van der Waals surface area contributed by atoms with Gasteiger partial charge in [0.15, 0.2) is 0 Å². The molecular weight excluding hydrogens is 344 g/mol. The molecule has 1 atom stereocenters. The minimum atomic E-state index is -0.0885. The summed E-state index contributed by atoms with van der Waals surface area (Å²) in [5.41, 5.74) is 1.21. The standard InChI is InChI=1S/C20H26N4OS/c25-19(21-16-10-5-2-6-11-16)17-12-7-13-24(17)20-22-18(23-26-20)14-15-8-3-1-4-9-15/h1,3-4,8-9,16-17H,2,5-7,10-14H2,(H,21,25)/t17-/m1/s1. The molecule has 5 nitrogen and oxygen atoms in total. The highest BCUT2D eigenvalue weighted by Crippen LogP contribution is 2.28. The summed E-state index contributed by atoms with van der Waals surface area (Å²) >= 11 is 1.42. The van der Waals surface area contributed by atoms with E-state index < -0.39 is 0 Å². The van der Waals surface area contributed by atoms with Crippen LogP contribution in [0.4, 0.5) is 5.13 Å². The van der Waals surface area contributed by atoms with E-state index in [1.807, 2.05) is 18.2 Å². The number of aromatic nitrogens is 2. The first-order valence-corrected chi connectivity index (χ1v) is 10.5. The maximum Gasteiger partial charge on any atom is 0.243 e. The molecule has 0 bridgehead atoms. The van der Waals surface area contributed by atoms with E-state index in [1.54, 1.807) is 0 Å². The number of hydrogen-bond acceptors (Lipinski definition) is 5. The van der Waals surface area contributed by atoms with Gasteiger partial charge in [0.2, 0.25) is 11.0 Å². The lowest BCUT2D eigenvalue weighted by Gasteiger charge is -2.27. The molecular formula is C20H26N4OS. The van der Waals surface area contributed by atoms with Crippen LogP contribution < -0.4 is 10.2 Å². The van der Waals surface area contributed by atoms with E-state index >= 15 is 0 Å². The van der Waals surface area contributed by atoms with Gasteiger partial charge in [-0.3, -0.25) is 4.79 Å². The van der Waals surface area contributed by atoms with Crippen LogP contribution in [0.3, 0.4) is 0 Å². The van der Waals surface area contributed by atoms with E-state index in [4.69, 9.17) is 4.98 Å². The minimum absolute atomic E-state index is 0.0885. The molecule has 1 N–H and O–H groups in total. The molecule has 2 aliphatic rings. The first kappa shape index (κ1) is 17.5. The topological polar surface area (TPSA) is 58.1 Å². The number of carbonyl (C=O) groups is 1. The lowest BCUT2D eigenvalue weighted by atomic mass is 9.95. The first-order valence-electron chi connectivity index (χ1n) is 9.73. The molecule has 2 heterocycles.